The maximum Gasteiger partial charge on any atom is 0.288 e. The molecule has 0 aliphatic heterocycles. The molecule has 18 heavy (non-hydrogen) atoms. The Hall–Kier alpha value is -1.07. The van der Waals surface area contributed by atoms with Gasteiger partial charge in [0, 0.05) is 28.5 Å². The van der Waals surface area contributed by atoms with Crippen molar-refractivity contribution in [2.24, 2.45) is 0 Å². The predicted molar refractivity (Wildman–Crippen MR) is 72.4 cm³/mol. The highest BCUT2D eigenvalue weighted by Gasteiger charge is 2.09. The molecule has 2 nitrogen and oxygen atoms in total. The van der Waals surface area contributed by atoms with E-state index >= 15 is 0 Å². The van der Waals surface area contributed by atoms with Gasteiger partial charge in [-0.1, -0.05) is 11.8 Å². The predicted octanol–water partition coefficient (Wildman–Crippen LogP) is 3.59. The minimum Gasteiger partial charge on any atom is -0.361 e. The van der Waals surface area contributed by atoms with E-state index in [1.54, 1.807) is 6.07 Å². The Bertz CT molecular complexity index is 523. The summed E-state index contributed by atoms with van der Waals surface area (Å²) in [7, 11) is 4.04. The normalized spacial score (nSPS) is 11.9. The molecule has 0 saturated carbocycles. The highest BCUT2D eigenvalue weighted by Crippen LogP contribution is 2.29. The molecule has 2 rings (SSSR count). The number of alkyl halides is 2. The number of rotatable bonds is 5. The van der Waals surface area contributed by atoms with Crippen LogP contribution in [0, 0.1) is 0 Å². The number of H-pyrrole nitrogens is 1. The molecular formula is C13H16F2N2S. The number of aromatic nitrogens is 1. The maximum absolute atomic E-state index is 12.3. The maximum atomic E-state index is 12.3. The van der Waals surface area contributed by atoms with Gasteiger partial charge in [0.15, 0.2) is 0 Å². The highest BCUT2D eigenvalue weighted by atomic mass is 32.2. The van der Waals surface area contributed by atoms with Crippen molar-refractivity contribution in [3.8, 4) is 0 Å². The lowest BCUT2D eigenvalue weighted by Crippen LogP contribution is -2.14. The minimum absolute atomic E-state index is 0.592. The van der Waals surface area contributed by atoms with E-state index in [1.165, 1.54) is 5.56 Å². The third kappa shape index (κ3) is 3.23. The summed E-state index contributed by atoms with van der Waals surface area (Å²) in [5, 5.41) is 1.04. The number of hydrogen-bond acceptors (Lipinski definition) is 2. The molecule has 1 aromatic heterocycles. The number of hydrogen-bond donors (Lipinski definition) is 1. The largest absolute Gasteiger partial charge is 0.361 e. The van der Waals surface area contributed by atoms with Crippen LogP contribution in [0.2, 0.25) is 0 Å². The molecule has 0 fully saturated rings. The van der Waals surface area contributed by atoms with Gasteiger partial charge in [-0.25, -0.2) is 0 Å². The summed E-state index contributed by atoms with van der Waals surface area (Å²) in [6.45, 7) is 0.944. The zero-order chi connectivity index (χ0) is 13.1. The van der Waals surface area contributed by atoms with E-state index in [0.29, 0.717) is 16.7 Å². The molecule has 0 spiro atoms. The zero-order valence-electron chi connectivity index (χ0n) is 10.4. The fourth-order valence-electron chi connectivity index (χ4n) is 1.88. The van der Waals surface area contributed by atoms with Gasteiger partial charge in [0.2, 0.25) is 0 Å². The lowest BCUT2D eigenvalue weighted by molar-refractivity contribution is 0.252. The van der Waals surface area contributed by atoms with Crippen molar-refractivity contribution in [1.29, 1.82) is 0 Å². The number of aromatic amines is 1. The summed E-state index contributed by atoms with van der Waals surface area (Å²) in [4.78, 5) is 5.90. The summed E-state index contributed by atoms with van der Waals surface area (Å²) < 4.78 is 24.7. The molecule has 0 amide bonds. The molecule has 1 N–H and O–H groups in total. The summed E-state index contributed by atoms with van der Waals surface area (Å²) in [5.41, 5.74) is 2.18. The van der Waals surface area contributed by atoms with E-state index in [2.05, 4.69) is 9.88 Å². The second kappa shape index (κ2) is 5.71. The van der Waals surface area contributed by atoms with Crippen molar-refractivity contribution in [3.05, 3.63) is 30.0 Å². The van der Waals surface area contributed by atoms with Crippen molar-refractivity contribution in [1.82, 2.24) is 9.88 Å². The van der Waals surface area contributed by atoms with Crippen LogP contribution < -0.4 is 0 Å². The average Bonchev–Trinajstić information content (AvgIpc) is 2.68. The fourth-order valence-corrected chi connectivity index (χ4v) is 2.42. The van der Waals surface area contributed by atoms with E-state index in [0.717, 1.165) is 23.9 Å². The third-order valence-corrected chi connectivity index (χ3v) is 3.50. The third-order valence-electron chi connectivity index (χ3n) is 2.79. The molecule has 0 unspecified atom stereocenters. The molecule has 0 saturated heterocycles. The van der Waals surface area contributed by atoms with Gasteiger partial charge < -0.3 is 9.88 Å². The van der Waals surface area contributed by atoms with Crippen molar-refractivity contribution in [2.45, 2.75) is 17.1 Å². The van der Waals surface area contributed by atoms with Gasteiger partial charge in [-0.15, -0.1) is 0 Å². The molecule has 0 bridgehead atoms. The van der Waals surface area contributed by atoms with Crippen LogP contribution in [0.1, 0.15) is 5.56 Å². The van der Waals surface area contributed by atoms with E-state index in [-0.39, 0.29) is 0 Å². The summed E-state index contributed by atoms with van der Waals surface area (Å²) in [5.74, 6) is -2.37. The molecule has 1 aromatic carbocycles. The molecule has 2 aromatic rings. The molecule has 0 aliphatic rings. The highest BCUT2D eigenvalue weighted by molar-refractivity contribution is 7.99. The summed E-state index contributed by atoms with van der Waals surface area (Å²) in [6.07, 6.45) is 2.88. The van der Waals surface area contributed by atoms with E-state index in [9.17, 15) is 8.78 Å². The Balaban J connectivity index is 2.25. The Labute approximate surface area is 109 Å². The Morgan fingerprint density at radius 3 is 2.78 bits per heavy atom. The molecule has 0 atom stereocenters. The van der Waals surface area contributed by atoms with Crippen molar-refractivity contribution in [2.75, 3.05) is 20.6 Å². The lowest BCUT2D eigenvalue weighted by atomic mass is 10.1. The van der Waals surface area contributed by atoms with Crippen LogP contribution in [-0.4, -0.2) is 36.3 Å². The molecule has 0 radical (unpaired) electrons. The van der Waals surface area contributed by atoms with Crippen molar-refractivity contribution < 1.29 is 8.78 Å². The van der Waals surface area contributed by atoms with Gasteiger partial charge in [-0.3, -0.25) is 0 Å². The van der Waals surface area contributed by atoms with Crippen LogP contribution in [0.5, 0.6) is 0 Å². The first kappa shape index (κ1) is 13.4. The number of benzene rings is 1. The Kier molecular flexibility index (Phi) is 4.24. The van der Waals surface area contributed by atoms with Crippen LogP contribution in [-0.2, 0) is 6.42 Å². The Morgan fingerprint density at radius 1 is 1.33 bits per heavy atom. The van der Waals surface area contributed by atoms with Gasteiger partial charge in [-0.05, 0) is 44.3 Å². The smallest absolute Gasteiger partial charge is 0.288 e. The first-order chi connectivity index (χ1) is 8.56. The van der Waals surface area contributed by atoms with Gasteiger partial charge >= 0.3 is 0 Å². The van der Waals surface area contributed by atoms with Gasteiger partial charge in [0.05, 0.1) is 0 Å². The zero-order valence-corrected chi connectivity index (χ0v) is 11.2. The fraction of sp³-hybridized carbons (Fsp3) is 0.385. The lowest BCUT2D eigenvalue weighted by Gasteiger charge is -2.08. The Morgan fingerprint density at radius 2 is 2.11 bits per heavy atom. The van der Waals surface area contributed by atoms with Gasteiger partial charge in [-0.2, -0.15) is 8.78 Å². The van der Waals surface area contributed by atoms with E-state index < -0.39 is 5.76 Å². The summed E-state index contributed by atoms with van der Waals surface area (Å²) in [6, 6.07) is 5.43. The number of fused-ring (bicyclic) bond motifs is 1. The summed E-state index contributed by atoms with van der Waals surface area (Å²) >= 11 is 0.592. The number of nitrogens with zero attached hydrogens (tertiary/aromatic N) is 1. The quantitative estimate of drug-likeness (QED) is 0.837. The second-order valence-electron chi connectivity index (χ2n) is 4.45. The first-order valence-corrected chi connectivity index (χ1v) is 6.64. The molecule has 98 valence electrons. The number of thioether (sulfide) groups is 1. The van der Waals surface area contributed by atoms with Crippen molar-refractivity contribution >= 4 is 22.7 Å². The minimum atomic E-state index is -2.37. The van der Waals surface area contributed by atoms with Crippen LogP contribution >= 0.6 is 11.8 Å². The topological polar surface area (TPSA) is 19.0 Å². The SMILES string of the molecule is CN(C)CCc1c[nH]c2ccc(SC(F)F)cc12. The average molecular weight is 270 g/mol. The van der Waals surface area contributed by atoms with Crippen LogP contribution in [0.15, 0.2) is 29.3 Å². The number of likely N-dealkylation sites (N-methyl/N-ethyl adjacent to an activating group) is 1. The first-order valence-electron chi connectivity index (χ1n) is 5.76. The van der Waals surface area contributed by atoms with Gasteiger partial charge in [0.1, 0.15) is 0 Å². The number of nitrogens with one attached hydrogen (secondary N) is 1. The second-order valence-corrected chi connectivity index (χ2v) is 5.52. The molecule has 5 heteroatoms. The molecular weight excluding hydrogens is 254 g/mol. The number of halogens is 2. The van der Waals surface area contributed by atoms with E-state index in [1.807, 2.05) is 32.4 Å². The van der Waals surface area contributed by atoms with Crippen LogP contribution in [0.4, 0.5) is 8.78 Å². The van der Waals surface area contributed by atoms with E-state index in [4.69, 9.17) is 0 Å². The molecule has 0 aliphatic carbocycles. The van der Waals surface area contributed by atoms with Crippen molar-refractivity contribution in [3.63, 3.8) is 0 Å². The molecule has 1 heterocycles. The van der Waals surface area contributed by atoms with Crippen LogP contribution in [0.3, 0.4) is 0 Å². The monoisotopic (exact) mass is 270 g/mol. The van der Waals surface area contributed by atoms with Crippen LogP contribution in [0.25, 0.3) is 10.9 Å². The van der Waals surface area contributed by atoms with Gasteiger partial charge in [0.25, 0.3) is 5.76 Å². The standard InChI is InChI=1S/C13H16F2N2S/c1-17(2)6-5-9-8-16-12-4-3-10(7-11(9)12)18-13(14)15/h3-4,7-8,13,16H,5-6H2,1-2H3.